The maximum Gasteiger partial charge on any atom is 0.190 e. The molecule has 0 aliphatic rings. The molecule has 0 amide bonds. The second kappa shape index (κ2) is 11.2. The zero-order valence-electron chi connectivity index (χ0n) is 13.8. The van der Waals surface area contributed by atoms with Gasteiger partial charge in [0, 0.05) is 31.4 Å². The van der Waals surface area contributed by atoms with Crippen LogP contribution in [-0.4, -0.2) is 31.1 Å². The smallest absolute Gasteiger partial charge is 0.190 e. The third-order valence-corrected chi connectivity index (χ3v) is 4.71. The summed E-state index contributed by atoms with van der Waals surface area (Å²) in [6, 6.07) is 0. The van der Waals surface area contributed by atoms with Crippen LogP contribution in [0.3, 0.4) is 0 Å². The number of nitrogens with one attached hydrogen (secondary N) is 2. The Labute approximate surface area is 150 Å². The molecule has 4 nitrogen and oxygen atoms in total. The molecule has 21 heavy (non-hydrogen) atoms. The van der Waals surface area contributed by atoms with Gasteiger partial charge in [0.25, 0.3) is 0 Å². The zero-order chi connectivity index (χ0) is 15.0. The molecule has 0 atom stereocenters. The number of guanidine groups is 1. The molecule has 0 bridgehead atoms. The molecule has 0 aromatic carbocycles. The van der Waals surface area contributed by atoms with Gasteiger partial charge in [-0.15, -0.1) is 35.3 Å². The van der Waals surface area contributed by atoms with E-state index in [1.807, 2.05) is 7.05 Å². The molecule has 0 saturated carbocycles. The van der Waals surface area contributed by atoms with Crippen LogP contribution in [0, 0.1) is 19.8 Å². The van der Waals surface area contributed by atoms with E-state index in [2.05, 4.69) is 48.3 Å². The number of thiazole rings is 1. The normalized spacial score (nSPS) is 11.4. The minimum atomic E-state index is 0. The molecule has 0 aliphatic heterocycles. The van der Waals surface area contributed by atoms with Gasteiger partial charge < -0.3 is 10.6 Å². The van der Waals surface area contributed by atoms with E-state index in [9.17, 15) is 0 Å². The molecule has 122 valence electrons. The molecule has 1 rings (SSSR count). The number of aromatic nitrogens is 1. The molecule has 0 radical (unpaired) electrons. The Morgan fingerprint density at radius 3 is 2.38 bits per heavy atom. The Bertz CT molecular complexity index is 427. The molecule has 0 saturated heterocycles. The van der Waals surface area contributed by atoms with Crippen LogP contribution in [0.2, 0.25) is 0 Å². The Morgan fingerprint density at radius 2 is 1.90 bits per heavy atom. The van der Waals surface area contributed by atoms with Crippen molar-refractivity contribution in [2.75, 3.05) is 20.1 Å². The van der Waals surface area contributed by atoms with Crippen molar-refractivity contribution in [3.63, 3.8) is 0 Å². The molecule has 1 aromatic heterocycles. The number of hydrogen-bond acceptors (Lipinski definition) is 3. The Morgan fingerprint density at radius 1 is 1.24 bits per heavy atom. The maximum absolute atomic E-state index is 4.46. The first kappa shape index (κ1) is 20.6. The summed E-state index contributed by atoms with van der Waals surface area (Å²) < 4.78 is 0. The topological polar surface area (TPSA) is 49.3 Å². The average Bonchev–Trinajstić information content (AvgIpc) is 2.76. The van der Waals surface area contributed by atoms with E-state index >= 15 is 0 Å². The van der Waals surface area contributed by atoms with Gasteiger partial charge in [0.2, 0.25) is 0 Å². The fourth-order valence-corrected chi connectivity index (χ4v) is 3.08. The zero-order valence-corrected chi connectivity index (χ0v) is 17.0. The van der Waals surface area contributed by atoms with Crippen LogP contribution in [0.5, 0.6) is 0 Å². The number of nitrogens with zero attached hydrogens (tertiary/aromatic N) is 2. The minimum absolute atomic E-state index is 0. The second-order valence-corrected chi connectivity index (χ2v) is 6.34. The van der Waals surface area contributed by atoms with Crippen LogP contribution in [0.15, 0.2) is 4.99 Å². The highest BCUT2D eigenvalue weighted by molar-refractivity contribution is 14.0. The van der Waals surface area contributed by atoms with E-state index in [1.165, 1.54) is 17.7 Å². The molecule has 0 spiro atoms. The van der Waals surface area contributed by atoms with Gasteiger partial charge in [0.1, 0.15) is 0 Å². The quantitative estimate of drug-likeness (QED) is 0.400. The van der Waals surface area contributed by atoms with E-state index < -0.39 is 0 Å². The Balaban J connectivity index is 0.00000400. The van der Waals surface area contributed by atoms with Crippen molar-refractivity contribution in [3.05, 3.63) is 15.6 Å². The third kappa shape index (κ3) is 7.44. The van der Waals surface area contributed by atoms with Crippen LogP contribution in [0.1, 0.15) is 42.3 Å². The predicted molar refractivity (Wildman–Crippen MR) is 104 cm³/mol. The SMILES string of the molecule is CCC(CC)CNC(=NC)NCCc1sc(C)nc1C.I. The highest BCUT2D eigenvalue weighted by Crippen LogP contribution is 2.16. The highest BCUT2D eigenvalue weighted by Gasteiger charge is 2.06. The van der Waals surface area contributed by atoms with Crippen molar-refractivity contribution in [2.24, 2.45) is 10.9 Å². The van der Waals surface area contributed by atoms with Crippen LogP contribution in [-0.2, 0) is 6.42 Å². The van der Waals surface area contributed by atoms with Crippen LogP contribution < -0.4 is 10.6 Å². The molecule has 1 heterocycles. The molecule has 0 aliphatic carbocycles. The first-order valence-corrected chi connectivity index (χ1v) is 8.29. The largest absolute Gasteiger partial charge is 0.356 e. The van der Waals surface area contributed by atoms with Gasteiger partial charge in [-0.25, -0.2) is 4.98 Å². The first-order valence-electron chi connectivity index (χ1n) is 7.48. The summed E-state index contributed by atoms with van der Waals surface area (Å²) in [7, 11) is 1.82. The first-order chi connectivity index (χ1) is 9.60. The van der Waals surface area contributed by atoms with Crippen molar-refractivity contribution >= 4 is 41.3 Å². The molecule has 0 unspecified atom stereocenters. The molecular weight excluding hydrogens is 395 g/mol. The Kier molecular flexibility index (Phi) is 11.0. The lowest BCUT2D eigenvalue weighted by molar-refractivity contribution is 0.481. The summed E-state index contributed by atoms with van der Waals surface area (Å²) >= 11 is 1.79. The second-order valence-electron chi connectivity index (χ2n) is 5.05. The standard InChI is InChI=1S/C15H28N4S.HI/c1-6-13(7-2)10-18-15(16-5)17-9-8-14-11(3)19-12(4)20-14;/h13H,6-10H2,1-5H3,(H2,16,17,18);1H. The average molecular weight is 424 g/mol. The predicted octanol–water partition coefficient (Wildman–Crippen LogP) is 3.52. The summed E-state index contributed by atoms with van der Waals surface area (Å²) in [5.74, 6) is 1.62. The summed E-state index contributed by atoms with van der Waals surface area (Å²) in [5, 5.41) is 7.93. The van der Waals surface area contributed by atoms with Crippen molar-refractivity contribution < 1.29 is 0 Å². The molecular formula is C15H29IN4S. The fraction of sp³-hybridized carbons (Fsp3) is 0.733. The van der Waals surface area contributed by atoms with Crippen LogP contribution in [0.25, 0.3) is 0 Å². The van der Waals surface area contributed by atoms with Gasteiger partial charge in [-0.3, -0.25) is 4.99 Å². The number of rotatable bonds is 7. The lowest BCUT2D eigenvalue weighted by atomic mass is 10.0. The number of aliphatic imine (C=N–C) groups is 1. The molecule has 2 N–H and O–H groups in total. The van der Waals surface area contributed by atoms with E-state index in [0.29, 0.717) is 0 Å². The van der Waals surface area contributed by atoms with E-state index in [4.69, 9.17) is 0 Å². The van der Waals surface area contributed by atoms with Crippen molar-refractivity contribution in [1.82, 2.24) is 15.6 Å². The fourth-order valence-electron chi connectivity index (χ4n) is 2.14. The van der Waals surface area contributed by atoms with Crippen LogP contribution >= 0.6 is 35.3 Å². The molecule has 6 heteroatoms. The van der Waals surface area contributed by atoms with E-state index in [-0.39, 0.29) is 24.0 Å². The minimum Gasteiger partial charge on any atom is -0.356 e. The van der Waals surface area contributed by atoms with E-state index in [0.717, 1.165) is 42.1 Å². The maximum atomic E-state index is 4.46. The van der Waals surface area contributed by atoms with Crippen molar-refractivity contribution in [2.45, 2.75) is 47.0 Å². The Hall–Kier alpha value is -0.370. The summed E-state index contributed by atoms with van der Waals surface area (Å²) in [5.41, 5.74) is 1.16. The third-order valence-electron chi connectivity index (χ3n) is 3.58. The monoisotopic (exact) mass is 424 g/mol. The van der Waals surface area contributed by atoms with Gasteiger partial charge in [-0.2, -0.15) is 0 Å². The lowest BCUT2D eigenvalue weighted by Gasteiger charge is -2.16. The summed E-state index contributed by atoms with van der Waals surface area (Å²) in [6.45, 7) is 10.5. The number of aryl methyl sites for hydroxylation is 2. The number of halogens is 1. The summed E-state index contributed by atoms with van der Waals surface area (Å²) in [4.78, 5) is 10.1. The van der Waals surface area contributed by atoms with Crippen molar-refractivity contribution in [1.29, 1.82) is 0 Å². The van der Waals surface area contributed by atoms with Gasteiger partial charge in [0.15, 0.2) is 5.96 Å². The summed E-state index contributed by atoms with van der Waals surface area (Å²) in [6.07, 6.45) is 3.42. The molecule has 0 fully saturated rings. The van der Waals surface area contributed by atoms with Crippen molar-refractivity contribution in [3.8, 4) is 0 Å². The van der Waals surface area contributed by atoms with Gasteiger partial charge in [-0.1, -0.05) is 26.7 Å². The van der Waals surface area contributed by atoms with Gasteiger partial charge in [0.05, 0.1) is 10.7 Å². The van der Waals surface area contributed by atoms with Crippen LogP contribution in [0.4, 0.5) is 0 Å². The number of hydrogen-bond donors (Lipinski definition) is 2. The highest BCUT2D eigenvalue weighted by atomic mass is 127. The van der Waals surface area contributed by atoms with Gasteiger partial charge >= 0.3 is 0 Å². The van der Waals surface area contributed by atoms with E-state index in [1.54, 1.807) is 11.3 Å². The molecule has 1 aromatic rings. The van der Waals surface area contributed by atoms with Gasteiger partial charge in [-0.05, 0) is 19.8 Å². The lowest BCUT2D eigenvalue weighted by Crippen LogP contribution is -2.40.